The molecule has 6 heteroatoms. The fourth-order valence-corrected chi connectivity index (χ4v) is 4.92. The highest BCUT2D eigenvalue weighted by molar-refractivity contribution is 7.92. The number of hydrogen-bond acceptors (Lipinski definition) is 3. The molecular weight excluding hydrogens is 348 g/mol. The summed E-state index contributed by atoms with van der Waals surface area (Å²) < 4.78 is 27.9. The van der Waals surface area contributed by atoms with Gasteiger partial charge in [-0.3, -0.25) is 9.10 Å². The van der Waals surface area contributed by atoms with E-state index in [1.54, 1.807) is 18.2 Å². The van der Waals surface area contributed by atoms with Gasteiger partial charge in [-0.05, 0) is 61.4 Å². The van der Waals surface area contributed by atoms with Crippen LogP contribution in [0.4, 0.5) is 5.69 Å². The number of nitrogens with one attached hydrogen (secondary N) is 1. The largest absolute Gasteiger partial charge is 0.352 e. The standard InChI is InChI=1S/C20H22N2O3S/c23-20(21-14-15-10-11-15)17-6-3-8-18(13-17)26(24,25)22-12-4-7-16-5-1-2-9-19(16)22/h1-3,5-6,8-9,13,15H,4,7,10-12,14H2,(H,21,23). The average molecular weight is 370 g/mol. The monoisotopic (exact) mass is 370 g/mol. The second kappa shape index (κ2) is 6.76. The summed E-state index contributed by atoms with van der Waals surface area (Å²) in [5.74, 6) is 0.365. The number of rotatable bonds is 5. The van der Waals surface area contributed by atoms with Crippen molar-refractivity contribution in [3.63, 3.8) is 0 Å². The first kappa shape index (κ1) is 17.1. The number of benzene rings is 2. The van der Waals surface area contributed by atoms with Crippen LogP contribution >= 0.6 is 0 Å². The van der Waals surface area contributed by atoms with Crippen LogP contribution in [0, 0.1) is 5.92 Å². The maximum absolute atomic E-state index is 13.2. The Hall–Kier alpha value is -2.34. The summed E-state index contributed by atoms with van der Waals surface area (Å²) in [6.07, 6.45) is 3.98. The van der Waals surface area contributed by atoms with Gasteiger partial charge in [-0.15, -0.1) is 0 Å². The second-order valence-corrected chi connectivity index (χ2v) is 8.85. The molecule has 0 spiro atoms. The van der Waals surface area contributed by atoms with Crippen molar-refractivity contribution < 1.29 is 13.2 Å². The van der Waals surface area contributed by atoms with Gasteiger partial charge in [0.15, 0.2) is 0 Å². The quantitative estimate of drug-likeness (QED) is 0.880. The van der Waals surface area contributed by atoms with Gasteiger partial charge in [-0.2, -0.15) is 0 Å². The normalized spacial score (nSPS) is 16.8. The predicted octanol–water partition coefficient (Wildman–Crippen LogP) is 2.97. The molecule has 4 rings (SSSR count). The van der Waals surface area contributed by atoms with Crippen molar-refractivity contribution in [3.8, 4) is 0 Å². The summed E-state index contributed by atoms with van der Waals surface area (Å²) >= 11 is 0. The molecule has 2 aromatic rings. The van der Waals surface area contributed by atoms with Crippen LogP contribution in [-0.2, 0) is 16.4 Å². The summed E-state index contributed by atoms with van der Waals surface area (Å²) in [7, 11) is -3.70. The van der Waals surface area contributed by atoms with E-state index in [-0.39, 0.29) is 10.8 Å². The molecule has 5 nitrogen and oxygen atoms in total. The van der Waals surface area contributed by atoms with Gasteiger partial charge >= 0.3 is 0 Å². The van der Waals surface area contributed by atoms with Crippen LogP contribution in [0.25, 0.3) is 0 Å². The van der Waals surface area contributed by atoms with Crippen LogP contribution in [0.15, 0.2) is 53.4 Å². The number of hydrogen-bond donors (Lipinski definition) is 1. The number of amides is 1. The van der Waals surface area contributed by atoms with Crippen molar-refractivity contribution in [2.75, 3.05) is 17.4 Å². The van der Waals surface area contributed by atoms with Gasteiger partial charge in [0.25, 0.3) is 15.9 Å². The van der Waals surface area contributed by atoms with Crippen molar-refractivity contribution in [1.82, 2.24) is 5.32 Å². The molecule has 26 heavy (non-hydrogen) atoms. The maximum atomic E-state index is 13.2. The first-order valence-corrected chi connectivity index (χ1v) is 10.5. The Bertz CT molecular complexity index is 936. The lowest BCUT2D eigenvalue weighted by Gasteiger charge is -2.30. The van der Waals surface area contributed by atoms with E-state index in [9.17, 15) is 13.2 Å². The van der Waals surface area contributed by atoms with Gasteiger partial charge in [0.1, 0.15) is 0 Å². The zero-order chi connectivity index (χ0) is 18.1. The Morgan fingerprint density at radius 2 is 1.92 bits per heavy atom. The third-order valence-electron chi connectivity index (χ3n) is 5.00. The van der Waals surface area contributed by atoms with Crippen molar-refractivity contribution in [3.05, 3.63) is 59.7 Å². The third kappa shape index (κ3) is 3.33. The number of aryl methyl sites for hydroxylation is 1. The maximum Gasteiger partial charge on any atom is 0.264 e. The second-order valence-electron chi connectivity index (χ2n) is 6.99. The van der Waals surface area contributed by atoms with Crippen molar-refractivity contribution in [2.45, 2.75) is 30.6 Å². The Morgan fingerprint density at radius 1 is 1.12 bits per heavy atom. The number of sulfonamides is 1. The molecular formula is C20H22N2O3S. The smallest absolute Gasteiger partial charge is 0.264 e. The highest BCUT2D eigenvalue weighted by Gasteiger charge is 2.29. The lowest BCUT2D eigenvalue weighted by Crippen LogP contribution is -2.35. The Labute approximate surface area is 154 Å². The topological polar surface area (TPSA) is 66.5 Å². The van der Waals surface area contributed by atoms with E-state index in [0.29, 0.717) is 24.6 Å². The summed E-state index contributed by atoms with van der Waals surface area (Å²) in [5, 5.41) is 2.89. The van der Waals surface area contributed by atoms with Crippen LogP contribution in [0.5, 0.6) is 0 Å². The van der Waals surface area contributed by atoms with E-state index < -0.39 is 10.0 Å². The number of anilines is 1. The third-order valence-corrected chi connectivity index (χ3v) is 6.81. The first-order valence-electron chi connectivity index (χ1n) is 9.04. The number of carbonyl (C=O) groups is 1. The van der Waals surface area contributed by atoms with Crippen LogP contribution < -0.4 is 9.62 Å². The number of carbonyl (C=O) groups excluding carboxylic acids is 1. The highest BCUT2D eigenvalue weighted by atomic mass is 32.2. The van der Waals surface area contributed by atoms with Gasteiger partial charge in [0, 0.05) is 18.7 Å². The van der Waals surface area contributed by atoms with Gasteiger partial charge in [-0.25, -0.2) is 8.42 Å². The number of fused-ring (bicyclic) bond motifs is 1. The molecule has 1 heterocycles. The summed E-state index contributed by atoms with van der Waals surface area (Å²) in [5.41, 5.74) is 2.17. The molecule has 1 saturated carbocycles. The van der Waals surface area contributed by atoms with E-state index in [1.807, 2.05) is 24.3 Å². The van der Waals surface area contributed by atoms with Crippen molar-refractivity contribution in [1.29, 1.82) is 0 Å². The van der Waals surface area contributed by atoms with E-state index >= 15 is 0 Å². The molecule has 1 fully saturated rings. The lowest BCUT2D eigenvalue weighted by atomic mass is 10.0. The van der Waals surface area contributed by atoms with Gasteiger partial charge in [0.2, 0.25) is 0 Å². The molecule has 1 aliphatic heterocycles. The van der Waals surface area contributed by atoms with Crippen LogP contribution in [0.3, 0.4) is 0 Å². The van der Waals surface area contributed by atoms with E-state index in [0.717, 1.165) is 36.9 Å². The average Bonchev–Trinajstić information content (AvgIpc) is 3.50. The predicted molar refractivity (Wildman–Crippen MR) is 101 cm³/mol. The molecule has 0 saturated heterocycles. The molecule has 1 N–H and O–H groups in total. The van der Waals surface area contributed by atoms with Crippen LogP contribution in [0.2, 0.25) is 0 Å². The van der Waals surface area contributed by atoms with Gasteiger partial charge in [0.05, 0.1) is 10.6 Å². The number of nitrogens with zero attached hydrogens (tertiary/aromatic N) is 1. The molecule has 136 valence electrons. The minimum absolute atomic E-state index is 0.160. The molecule has 0 bridgehead atoms. The number of para-hydroxylation sites is 1. The Morgan fingerprint density at radius 3 is 2.73 bits per heavy atom. The highest BCUT2D eigenvalue weighted by Crippen LogP contribution is 2.32. The summed E-state index contributed by atoms with van der Waals surface area (Å²) in [6.45, 7) is 1.12. The molecule has 2 aliphatic rings. The molecule has 0 aromatic heterocycles. The lowest BCUT2D eigenvalue weighted by molar-refractivity contribution is 0.0951. The minimum Gasteiger partial charge on any atom is -0.352 e. The molecule has 0 atom stereocenters. The van der Waals surface area contributed by atoms with E-state index in [1.165, 1.54) is 10.4 Å². The van der Waals surface area contributed by atoms with E-state index in [4.69, 9.17) is 0 Å². The SMILES string of the molecule is O=C(NCC1CC1)c1cccc(S(=O)(=O)N2CCCc3ccccc32)c1. The van der Waals surface area contributed by atoms with Crippen molar-refractivity contribution >= 4 is 21.6 Å². The van der Waals surface area contributed by atoms with E-state index in [2.05, 4.69) is 5.32 Å². The fraction of sp³-hybridized carbons (Fsp3) is 0.350. The first-order chi connectivity index (χ1) is 12.6. The molecule has 0 unspecified atom stereocenters. The Balaban J connectivity index is 1.62. The van der Waals surface area contributed by atoms with Crippen LogP contribution in [0.1, 0.15) is 35.2 Å². The molecule has 2 aromatic carbocycles. The zero-order valence-corrected chi connectivity index (χ0v) is 15.3. The van der Waals surface area contributed by atoms with Crippen molar-refractivity contribution in [2.24, 2.45) is 5.92 Å². The van der Waals surface area contributed by atoms with Crippen LogP contribution in [-0.4, -0.2) is 27.4 Å². The summed E-state index contributed by atoms with van der Waals surface area (Å²) in [4.78, 5) is 12.5. The summed E-state index contributed by atoms with van der Waals surface area (Å²) in [6, 6.07) is 13.9. The molecule has 1 amide bonds. The van der Waals surface area contributed by atoms with Gasteiger partial charge < -0.3 is 5.32 Å². The molecule has 0 radical (unpaired) electrons. The zero-order valence-electron chi connectivity index (χ0n) is 14.5. The fourth-order valence-electron chi connectivity index (χ4n) is 3.33. The van der Waals surface area contributed by atoms with Gasteiger partial charge in [-0.1, -0.05) is 24.3 Å². The minimum atomic E-state index is -3.70. The Kier molecular flexibility index (Phi) is 4.44. The molecule has 1 aliphatic carbocycles.